The van der Waals surface area contributed by atoms with E-state index in [1.165, 1.54) is 18.0 Å². The minimum absolute atomic E-state index is 0.00538. The highest BCUT2D eigenvalue weighted by atomic mass is 32.2. The predicted octanol–water partition coefficient (Wildman–Crippen LogP) is 1.34. The Hall–Kier alpha value is -1.14. The summed E-state index contributed by atoms with van der Waals surface area (Å²) in [5.74, 6) is 0.965. The molecule has 2 fully saturated rings. The first-order valence-corrected chi connectivity index (χ1v) is 7.25. The van der Waals surface area contributed by atoms with Crippen LogP contribution in [0, 0.1) is 5.92 Å². The van der Waals surface area contributed by atoms with Crippen LogP contribution in [0.1, 0.15) is 29.6 Å². The predicted molar refractivity (Wildman–Crippen MR) is 68.9 cm³/mol. The molecule has 3 atom stereocenters. The second kappa shape index (κ2) is 4.20. The molecule has 0 saturated heterocycles. The van der Waals surface area contributed by atoms with E-state index in [1.54, 1.807) is 0 Å². The minimum Gasteiger partial charge on any atom is -0.387 e. The summed E-state index contributed by atoms with van der Waals surface area (Å²) < 4.78 is 0. The Morgan fingerprint density at radius 1 is 1.61 bits per heavy atom. The number of anilines is 1. The standard InChI is InChI=1S/C12H15N3O2S/c1-18-11-13-5-7(6-16)10(15-11)14-9-3-2-8-4-12(8,9)17/h5-6,8-9,17H,2-4H2,1H3,(H,13,14,15). The summed E-state index contributed by atoms with van der Waals surface area (Å²) in [7, 11) is 0. The first-order valence-electron chi connectivity index (χ1n) is 6.02. The largest absolute Gasteiger partial charge is 0.387 e. The maximum absolute atomic E-state index is 11.0. The molecule has 0 bridgehead atoms. The highest BCUT2D eigenvalue weighted by Crippen LogP contribution is 2.56. The Bertz CT molecular complexity index is 494. The van der Waals surface area contributed by atoms with Gasteiger partial charge in [0.05, 0.1) is 17.2 Å². The van der Waals surface area contributed by atoms with Crippen LogP contribution < -0.4 is 5.32 Å². The van der Waals surface area contributed by atoms with Gasteiger partial charge in [-0.25, -0.2) is 9.97 Å². The Morgan fingerprint density at radius 3 is 3.00 bits per heavy atom. The monoisotopic (exact) mass is 265 g/mol. The summed E-state index contributed by atoms with van der Waals surface area (Å²) in [6.45, 7) is 0. The van der Waals surface area contributed by atoms with Gasteiger partial charge in [-0.2, -0.15) is 0 Å². The summed E-state index contributed by atoms with van der Waals surface area (Å²) in [5.41, 5.74) is -0.134. The van der Waals surface area contributed by atoms with Crippen LogP contribution in [0.3, 0.4) is 0 Å². The number of rotatable bonds is 4. The van der Waals surface area contributed by atoms with Gasteiger partial charge < -0.3 is 10.4 Å². The van der Waals surface area contributed by atoms with E-state index in [2.05, 4.69) is 15.3 Å². The minimum atomic E-state index is -0.579. The van der Waals surface area contributed by atoms with E-state index in [0.29, 0.717) is 22.5 Å². The smallest absolute Gasteiger partial charge is 0.189 e. The Kier molecular flexibility index (Phi) is 2.79. The molecule has 0 spiro atoms. The van der Waals surface area contributed by atoms with Crippen molar-refractivity contribution in [1.29, 1.82) is 0 Å². The lowest BCUT2D eigenvalue weighted by atomic mass is 10.1. The molecule has 0 aliphatic heterocycles. The molecule has 3 rings (SSSR count). The Morgan fingerprint density at radius 2 is 2.44 bits per heavy atom. The zero-order chi connectivity index (χ0) is 12.8. The van der Waals surface area contributed by atoms with E-state index in [-0.39, 0.29) is 6.04 Å². The Labute approximate surface area is 109 Å². The van der Waals surface area contributed by atoms with Gasteiger partial charge in [0.2, 0.25) is 0 Å². The number of carbonyl (C=O) groups is 1. The zero-order valence-electron chi connectivity index (χ0n) is 10.1. The van der Waals surface area contributed by atoms with E-state index in [1.807, 2.05) is 6.26 Å². The first-order chi connectivity index (χ1) is 8.67. The third-order valence-electron chi connectivity index (χ3n) is 3.94. The van der Waals surface area contributed by atoms with Crippen LogP contribution in [0.5, 0.6) is 0 Å². The molecule has 18 heavy (non-hydrogen) atoms. The molecule has 96 valence electrons. The first kappa shape index (κ1) is 11.9. The summed E-state index contributed by atoms with van der Waals surface area (Å²) in [5, 5.41) is 14.1. The van der Waals surface area contributed by atoms with Crippen molar-refractivity contribution in [3.8, 4) is 0 Å². The van der Waals surface area contributed by atoms with Crippen LogP contribution in [-0.4, -0.2) is 39.3 Å². The molecule has 0 radical (unpaired) electrons. The molecule has 0 aromatic carbocycles. The second-order valence-corrected chi connectivity index (χ2v) is 5.72. The van der Waals surface area contributed by atoms with Gasteiger partial charge in [-0.15, -0.1) is 0 Å². The van der Waals surface area contributed by atoms with Crippen molar-refractivity contribution in [2.75, 3.05) is 11.6 Å². The van der Waals surface area contributed by atoms with Gasteiger partial charge in [-0.3, -0.25) is 4.79 Å². The average Bonchev–Trinajstić information content (AvgIpc) is 2.97. The van der Waals surface area contributed by atoms with Gasteiger partial charge in [0.25, 0.3) is 0 Å². The number of nitrogens with one attached hydrogen (secondary N) is 1. The van der Waals surface area contributed by atoms with Crippen LogP contribution in [0.15, 0.2) is 11.4 Å². The highest BCUT2D eigenvalue weighted by Gasteiger charge is 2.62. The molecule has 3 unspecified atom stereocenters. The van der Waals surface area contributed by atoms with Crippen molar-refractivity contribution in [3.05, 3.63) is 11.8 Å². The number of hydrogen-bond acceptors (Lipinski definition) is 6. The SMILES string of the molecule is CSc1ncc(C=O)c(NC2CCC3CC32O)n1. The summed E-state index contributed by atoms with van der Waals surface area (Å²) in [6.07, 6.45) is 7.00. The van der Waals surface area contributed by atoms with E-state index in [4.69, 9.17) is 0 Å². The lowest BCUT2D eigenvalue weighted by molar-refractivity contribution is 0.112. The zero-order valence-corrected chi connectivity index (χ0v) is 10.9. The number of fused-ring (bicyclic) bond motifs is 1. The lowest BCUT2D eigenvalue weighted by Crippen LogP contribution is -2.33. The Balaban J connectivity index is 1.85. The molecule has 2 N–H and O–H groups in total. The molecular formula is C12H15N3O2S. The number of carbonyl (C=O) groups excluding carboxylic acids is 1. The number of hydrogen-bond donors (Lipinski definition) is 2. The molecule has 2 saturated carbocycles. The molecule has 6 heteroatoms. The number of aldehydes is 1. The fraction of sp³-hybridized carbons (Fsp3) is 0.583. The van der Waals surface area contributed by atoms with Gasteiger partial charge in [0.15, 0.2) is 11.4 Å². The van der Waals surface area contributed by atoms with E-state index >= 15 is 0 Å². The van der Waals surface area contributed by atoms with Gasteiger partial charge >= 0.3 is 0 Å². The second-order valence-electron chi connectivity index (χ2n) is 4.95. The van der Waals surface area contributed by atoms with Gasteiger partial charge in [-0.1, -0.05) is 11.8 Å². The van der Waals surface area contributed by atoms with Crippen molar-refractivity contribution in [3.63, 3.8) is 0 Å². The highest BCUT2D eigenvalue weighted by molar-refractivity contribution is 7.98. The third kappa shape index (κ3) is 1.80. The van der Waals surface area contributed by atoms with Gasteiger partial charge in [0, 0.05) is 6.20 Å². The molecule has 2 aliphatic rings. The molecular weight excluding hydrogens is 250 g/mol. The summed E-state index contributed by atoms with van der Waals surface area (Å²) in [6, 6.07) is 0.00538. The van der Waals surface area contributed by atoms with Crippen molar-refractivity contribution >= 4 is 23.9 Å². The number of nitrogens with zero attached hydrogens (tertiary/aromatic N) is 2. The van der Waals surface area contributed by atoms with Crippen molar-refractivity contribution in [1.82, 2.24) is 9.97 Å². The van der Waals surface area contributed by atoms with Crippen LogP contribution in [0.4, 0.5) is 5.82 Å². The normalized spacial score (nSPS) is 33.0. The number of thioether (sulfide) groups is 1. The van der Waals surface area contributed by atoms with Crippen molar-refractivity contribution < 1.29 is 9.90 Å². The topological polar surface area (TPSA) is 75.1 Å². The molecule has 1 heterocycles. The van der Waals surface area contributed by atoms with Crippen LogP contribution in [0.2, 0.25) is 0 Å². The lowest BCUT2D eigenvalue weighted by Gasteiger charge is -2.21. The van der Waals surface area contributed by atoms with E-state index in [9.17, 15) is 9.90 Å². The van der Waals surface area contributed by atoms with Gasteiger partial charge in [-0.05, 0) is 31.4 Å². The molecule has 1 aromatic heterocycles. The summed E-state index contributed by atoms with van der Waals surface area (Å²) in [4.78, 5) is 19.4. The number of aliphatic hydroxyl groups is 1. The third-order valence-corrected chi connectivity index (χ3v) is 4.50. The van der Waals surface area contributed by atoms with E-state index < -0.39 is 5.60 Å². The van der Waals surface area contributed by atoms with Crippen LogP contribution in [-0.2, 0) is 0 Å². The quantitative estimate of drug-likeness (QED) is 0.486. The molecule has 0 amide bonds. The fourth-order valence-electron chi connectivity index (χ4n) is 2.77. The van der Waals surface area contributed by atoms with Crippen LogP contribution >= 0.6 is 11.8 Å². The maximum Gasteiger partial charge on any atom is 0.189 e. The summed E-state index contributed by atoms with van der Waals surface area (Å²) >= 11 is 1.43. The van der Waals surface area contributed by atoms with Crippen LogP contribution in [0.25, 0.3) is 0 Å². The molecule has 2 aliphatic carbocycles. The van der Waals surface area contributed by atoms with Gasteiger partial charge in [0.1, 0.15) is 5.82 Å². The fourth-order valence-corrected chi connectivity index (χ4v) is 3.11. The average molecular weight is 265 g/mol. The van der Waals surface area contributed by atoms with E-state index in [0.717, 1.165) is 25.5 Å². The maximum atomic E-state index is 11.0. The van der Waals surface area contributed by atoms with Crippen molar-refractivity contribution in [2.24, 2.45) is 5.92 Å². The molecule has 1 aromatic rings. The molecule has 5 nitrogen and oxygen atoms in total. The van der Waals surface area contributed by atoms with Crippen molar-refractivity contribution in [2.45, 2.75) is 36.1 Å². The number of aromatic nitrogens is 2.